The van der Waals surface area contributed by atoms with E-state index in [9.17, 15) is 9.59 Å². The number of carboxylic acid groups (broad SMARTS) is 1. The predicted octanol–water partition coefficient (Wildman–Crippen LogP) is 1.79. The van der Waals surface area contributed by atoms with E-state index in [4.69, 9.17) is 9.84 Å². The van der Waals surface area contributed by atoms with Gasteiger partial charge in [0.25, 0.3) is 5.91 Å². The molecule has 0 fully saturated rings. The van der Waals surface area contributed by atoms with Crippen LogP contribution in [0.4, 0.5) is 0 Å². The molecule has 0 aromatic carbocycles. The maximum Gasteiger partial charge on any atom is 0.329 e. The molecule has 1 amide bonds. The van der Waals surface area contributed by atoms with E-state index in [0.29, 0.717) is 11.4 Å². The fourth-order valence-electron chi connectivity index (χ4n) is 1.36. The van der Waals surface area contributed by atoms with Crippen molar-refractivity contribution < 1.29 is 19.4 Å². The third-order valence-electron chi connectivity index (χ3n) is 2.12. The maximum absolute atomic E-state index is 11.7. The summed E-state index contributed by atoms with van der Waals surface area (Å²) >= 11 is 3.05. The third kappa shape index (κ3) is 3.28. The monoisotopic (exact) mass is 285 g/mol. The molecular weight excluding hydrogens is 274 g/mol. The van der Waals surface area contributed by atoms with Crippen molar-refractivity contribution in [2.24, 2.45) is 0 Å². The number of carbonyl (C=O) groups is 2. The Morgan fingerprint density at radius 1 is 1.39 bits per heavy atom. The number of rotatable bonds is 6. The molecule has 2 N–H and O–H groups in total. The second-order valence-electron chi connectivity index (χ2n) is 3.46. The molecule has 0 bridgehead atoms. The van der Waals surface area contributed by atoms with Gasteiger partial charge in [-0.15, -0.1) is 22.7 Å². The Balaban J connectivity index is 1.78. The number of carboxylic acids is 1. The molecule has 18 heavy (non-hydrogen) atoms. The van der Waals surface area contributed by atoms with Crippen LogP contribution >= 0.6 is 22.7 Å². The van der Waals surface area contributed by atoms with E-state index >= 15 is 0 Å². The second kappa shape index (κ2) is 5.94. The van der Waals surface area contributed by atoms with Crippen molar-refractivity contribution in [3.8, 4) is 0 Å². The first-order chi connectivity index (χ1) is 8.66. The molecule has 0 spiro atoms. The van der Waals surface area contributed by atoms with Crippen molar-refractivity contribution in [2.45, 2.75) is 0 Å². The van der Waals surface area contributed by atoms with E-state index in [1.54, 1.807) is 11.3 Å². The molecule has 0 radical (unpaired) electrons. The number of amides is 1. The highest BCUT2D eigenvalue weighted by atomic mass is 32.1. The van der Waals surface area contributed by atoms with Crippen molar-refractivity contribution in [1.82, 2.24) is 5.32 Å². The number of hydrogen-bond donors (Lipinski definition) is 2. The first-order valence-electron chi connectivity index (χ1n) is 5.21. The lowest BCUT2D eigenvalue weighted by molar-refractivity contribution is -0.142. The second-order valence-corrected chi connectivity index (χ2v) is 5.49. The van der Waals surface area contributed by atoms with Gasteiger partial charge >= 0.3 is 5.97 Å². The lowest BCUT2D eigenvalue weighted by Crippen LogP contribution is -2.27. The summed E-state index contributed by atoms with van der Waals surface area (Å²) in [4.78, 5) is 22.6. The zero-order valence-corrected chi connectivity index (χ0v) is 11.0. The smallest absolute Gasteiger partial charge is 0.329 e. The molecule has 5 nitrogen and oxygen atoms in total. The number of thiophene rings is 2. The van der Waals surface area contributed by atoms with Gasteiger partial charge < -0.3 is 15.2 Å². The van der Waals surface area contributed by atoms with Crippen LogP contribution in [0, 0.1) is 0 Å². The van der Waals surface area contributed by atoms with Gasteiger partial charge in [0.15, 0.2) is 0 Å². The van der Waals surface area contributed by atoms with Gasteiger partial charge in [-0.2, -0.15) is 0 Å². The third-order valence-corrected chi connectivity index (χ3v) is 4.21. The van der Waals surface area contributed by atoms with Gasteiger partial charge in [0, 0.05) is 15.9 Å². The fraction of sp³-hybridized carbons (Fsp3) is 0.273. The summed E-state index contributed by atoms with van der Waals surface area (Å²) in [6, 6.07) is 3.84. The summed E-state index contributed by atoms with van der Waals surface area (Å²) in [5.41, 5.74) is 0. The quantitative estimate of drug-likeness (QED) is 0.793. The predicted molar refractivity (Wildman–Crippen MR) is 70.5 cm³/mol. The highest BCUT2D eigenvalue weighted by molar-refractivity contribution is 7.27. The van der Waals surface area contributed by atoms with Crippen LogP contribution < -0.4 is 5.32 Å². The molecule has 2 heterocycles. The number of fused-ring (bicyclic) bond motifs is 1. The Morgan fingerprint density at radius 3 is 2.94 bits per heavy atom. The van der Waals surface area contributed by atoms with Crippen LogP contribution in [0.2, 0.25) is 0 Å². The highest BCUT2D eigenvalue weighted by Crippen LogP contribution is 2.29. The molecule has 0 aliphatic heterocycles. The zero-order chi connectivity index (χ0) is 13.0. The molecule has 0 saturated heterocycles. The van der Waals surface area contributed by atoms with Gasteiger partial charge in [-0.25, -0.2) is 4.79 Å². The first-order valence-corrected chi connectivity index (χ1v) is 6.91. The van der Waals surface area contributed by atoms with Crippen LogP contribution in [0.3, 0.4) is 0 Å². The van der Waals surface area contributed by atoms with Crippen LogP contribution in [0.1, 0.15) is 9.67 Å². The molecule has 2 aromatic heterocycles. The summed E-state index contributed by atoms with van der Waals surface area (Å²) < 4.78 is 7.02. The van der Waals surface area contributed by atoms with Crippen LogP contribution in [-0.2, 0) is 9.53 Å². The average Bonchev–Trinajstić information content (AvgIpc) is 2.87. The molecule has 2 rings (SSSR count). The summed E-state index contributed by atoms with van der Waals surface area (Å²) in [6.45, 7) is 0.153. The number of aliphatic carboxylic acids is 1. The van der Waals surface area contributed by atoms with Crippen LogP contribution in [0.15, 0.2) is 17.5 Å². The lowest BCUT2D eigenvalue weighted by atomic mass is 10.4. The van der Waals surface area contributed by atoms with Crippen LogP contribution in [0.5, 0.6) is 0 Å². The number of hydrogen-bond acceptors (Lipinski definition) is 5. The molecule has 0 aliphatic carbocycles. The minimum atomic E-state index is -1.01. The summed E-state index contributed by atoms with van der Waals surface area (Å²) in [6.07, 6.45) is 0. The molecular formula is C11H11NO4S2. The number of nitrogens with one attached hydrogen (secondary N) is 1. The van der Waals surface area contributed by atoms with Gasteiger partial charge in [-0.05, 0) is 17.5 Å². The van der Waals surface area contributed by atoms with Crippen molar-refractivity contribution in [3.05, 3.63) is 22.4 Å². The molecule has 96 valence electrons. The van der Waals surface area contributed by atoms with Crippen molar-refractivity contribution in [2.75, 3.05) is 19.8 Å². The van der Waals surface area contributed by atoms with E-state index < -0.39 is 5.97 Å². The van der Waals surface area contributed by atoms with Crippen LogP contribution in [-0.4, -0.2) is 36.7 Å². The molecule has 0 unspecified atom stereocenters. The zero-order valence-electron chi connectivity index (χ0n) is 9.34. The molecule has 2 aromatic rings. The standard InChI is InChI=1S/C11H11NO4S2/c13-10(14)6-16-3-2-12-11(15)9-5-8-7(18-9)1-4-17-8/h1,4-5H,2-3,6H2,(H,12,15)(H,13,14). The lowest BCUT2D eigenvalue weighted by Gasteiger charge is -2.03. The van der Waals surface area contributed by atoms with E-state index in [0.717, 1.165) is 9.40 Å². The Kier molecular flexibility index (Phi) is 4.29. The molecule has 0 aliphatic rings. The topological polar surface area (TPSA) is 75.6 Å². The highest BCUT2D eigenvalue weighted by Gasteiger charge is 2.10. The summed E-state index contributed by atoms with van der Waals surface area (Å²) in [5.74, 6) is -1.16. The van der Waals surface area contributed by atoms with Crippen molar-refractivity contribution in [3.63, 3.8) is 0 Å². The Bertz CT molecular complexity index is 532. The summed E-state index contributed by atoms with van der Waals surface area (Å²) in [5, 5.41) is 13.0. The SMILES string of the molecule is O=C(O)COCCNC(=O)c1cc2sccc2s1. The average molecular weight is 285 g/mol. The molecule has 0 atom stereocenters. The van der Waals surface area contributed by atoms with Crippen LogP contribution in [0.25, 0.3) is 9.40 Å². The largest absolute Gasteiger partial charge is 0.480 e. The Morgan fingerprint density at radius 2 is 2.22 bits per heavy atom. The van der Waals surface area contributed by atoms with Gasteiger partial charge in [-0.3, -0.25) is 4.79 Å². The molecule has 0 saturated carbocycles. The minimum absolute atomic E-state index is 0.151. The van der Waals surface area contributed by atoms with E-state index in [1.807, 2.05) is 17.5 Å². The number of ether oxygens (including phenoxy) is 1. The first kappa shape index (κ1) is 13.0. The Labute approximate surface area is 111 Å². The molecule has 7 heteroatoms. The minimum Gasteiger partial charge on any atom is -0.480 e. The van der Waals surface area contributed by atoms with E-state index in [-0.39, 0.29) is 19.1 Å². The van der Waals surface area contributed by atoms with Gasteiger partial charge in [0.1, 0.15) is 6.61 Å². The number of carbonyl (C=O) groups excluding carboxylic acids is 1. The van der Waals surface area contributed by atoms with E-state index in [1.165, 1.54) is 11.3 Å². The fourth-order valence-corrected chi connectivity index (χ4v) is 3.39. The van der Waals surface area contributed by atoms with E-state index in [2.05, 4.69) is 5.32 Å². The van der Waals surface area contributed by atoms with Crippen molar-refractivity contribution >= 4 is 43.9 Å². The van der Waals surface area contributed by atoms with Crippen molar-refractivity contribution in [1.29, 1.82) is 0 Å². The van der Waals surface area contributed by atoms with Gasteiger partial charge in [0.2, 0.25) is 0 Å². The maximum atomic E-state index is 11.7. The normalized spacial score (nSPS) is 10.7. The Hall–Kier alpha value is -1.44. The van der Waals surface area contributed by atoms with Gasteiger partial charge in [0.05, 0.1) is 11.5 Å². The van der Waals surface area contributed by atoms with Gasteiger partial charge in [-0.1, -0.05) is 0 Å². The summed E-state index contributed by atoms with van der Waals surface area (Å²) in [7, 11) is 0.